The summed E-state index contributed by atoms with van der Waals surface area (Å²) >= 11 is 1.76. The largest absolute Gasteiger partial charge is 0.497 e. The molecule has 0 radical (unpaired) electrons. The molecule has 1 aliphatic heterocycles. The zero-order chi connectivity index (χ0) is 20.1. The molecule has 0 bridgehead atoms. The van der Waals surface area contributed by atoms with Gasteiger partial charge < -0.3 is 10.1 Å². The van der Waals surface area contributed by atoms with Gasteiger partial charge in [-0.2, -0.15) is 0 Å². The Kier molecular flexibility index (Phi) is 6.27. The van der Waals surface area contributed by atoms with Gasteiger partial charge in [-0.15, -0.1) is 11.3 Å². The third kappa shape index (κ3) is 4.86. The first-order valence-electron chi connectivity index (χ1n) is 9.97. The lowest BCUT2D eigenvalue weighted by Crippen LogP contribution is -2.40. The third-order valence-electron chi connectivity index (χ3n) is 5.49. The number of rotatable bonds is 7. The lowest BCUT2D eigenvalue weighted by atomic mass is 9.98. The summed E-state index contributed by atoms with van der Waals surface area (Å²) in [6, 6.07) is 20.8. The fourth-order valence-electron chi connectivity index (χ4n) is 3.88. The van der Waals surface area contributed by atoms with E-state index in [0.29, 0.717) is 13.0 Å². The molecule has 1 aliphatic rings. The van der Waals surface area contributed by atoms with Gasteiger partial charge in [-0.25, -0.2) is 0 Å². The molecule has 2 aromatic carbocycles. The molecule has 0 saturated heterocycles. The zero-order valence-electron chi connectivity index (χ0n) is 16.6. The SMILES string of the molecule is COc1ccc(CC(=O)NC[C@H](c2cccs2)N2CCc3ccccc3C2)cc1. The van der Waals surface area contributed by atoms with E-state index in [9.17, 15) is 4.79 Å². The van der Waals surface area contributed by atoms with Crippen LogP contribution in [0.3, 0.4) is 0 Å². The zero-order valence-corrected chi connectivity index (χ0v) is 17.5. The molecule has 0 fully saturated rings. The van der Waals surface area contributed by atoms with Gasteiger partial charge in [0.15, 0.2) is 0 Å². The highest BCUT2D eigenvalue weighted by Crippen LogP contribution is 2.30. The number of hydrogen-bond acceptors (Lipinski definition) is 4. The van der Waals surface area contributed by atoms with Crippen molar-refractivity contribution in [3.05, 3.63) is 87.6 Å². The minimum Gasteiger partial charge on any atom is -0.497 e. The standard InChI is InChI=1S/C24H26N2O2S/c1-28-21-10-8-18(9-11-21)15-24(27)25-16-22(23-7-4-14-29-23)26-13-12-19-5-2-3-6-20(19)17-26/h2-11,14,22H,12-13,15-17H2,1H3,(H,25,27)/t22-/m1/s1. The number of amides is 1. The van der Waals surface area contributed by atoms with E-state index in [-0.39, 0.29) is 11.9 Å². The van der Waals surface area contributed by atoms with Crippen LogP contribution in [0.2, 0.25) is 0 Å². The summed E-state index contributed by atoms with van der Waals surface area (Å²) in [4.78, 5) is 16.4. The average molecular weight is 407 g/mol. The number of fused-ring (bicyclic) bond motifs is 1. The summed E-state index contributed by atoms with van der Waals surface area (Å²) in [7, 11) is 1.64. The van der Waals surface area contributed by atoms with Gasteiger partial charge in [-0.1, -0.05) is 42.5 Å². The highest BCUT2D eigenvalue weighted by Gasteiger charge is 2.25. The van der Waals surface area contributed by atoms with Gasteiger partial charge in [0.25, 0.3) is 0 Å². The Morgan fingerprint density at radius 3 is 2.62 bits per heavy atom. The summed E-state index contributed by atoms with van der Waals surface area (Å²) in [6.07, 6.45) is 1.43. The van der Waals surface area contributed by atoms with Crippen LogP contribution in [0, 0.1) is 0 Å². The molecule has 3 aromatic rings. The Morgan fingerprint density at radius 1 is 1.10 bits per heavy atom. The van der Waals surface area contributed by atoms with Gasteiger partial charge in [-0.05, 0) is 46.7 Å². The first kappa shape index (κ1) is 19.7. The lowest BCUT2D eigenvalue weighted by molar-refractivity contribution is -0.120. The predicted molar refractivity (Wildman–Crippen MR) is 117 cm³/mol. The van der Waals surface area contributed by atoms with Crippen LogP contribution in [0.5, 0.6) is 5.75 Å². The van der Waals surface area contributed by atoms with Crippen LogP contribution in [0.25, 0.3) is 0 Å². The summed E-state index contributed by atoms with van der Waals surface area (Å²) < 4.78 is 5.18. The molecular weight excluding hydrogens is 380 g/mol. The van der Waals surface area contributed by atoms with Gasteiger partial charge in [0.05, 0.1) is 19.6 Å². The summed E-state index contributed by atoms with van der Waals surface area (Å²) in [5.74, 6) is 0.853. The maximum Gasteiger partial charge on any atom is 0.224 e. The van der Waals surface area contributed by atoms with E-state index in [1.54, 1.807) is 18.4 Å². The quantitative estimate of drug-likeness (QED) is 0.639. The van der Waals surface area contributed by atoms with Crippen molar-refractivity contribution in [1.82, 2.24) is 10.2 Å². The van der Waals surface area contributed by atoms with E-state index in [2.05, 4.69) is 52.0 Å². The maximum atomic E-state index is 12.6. The summed E-state index contributed by atoms with van der Waals surface area (Å²) in [5.41, 5.74) is 3.82. The predicted octanol–water partition coefficient (Wildman–Crippen LogP) is 4.22. The summed E-state index contributed by atoms with van der Waals surface area (Å²) in [5, 5.41) is 5.27. The molecule has 2 heterocycles. The minimum atomic E-state index is 0.0501. The fraction of sp³-hybridized carbons (Fsp3) is 0.292. The first-order chi connectivity index (χ1) is 14.2. The molecule has 0 unspecified atom stereocenters. The Bertz CT molecular complexity index is 938. The second kappa shape index (κ2) is 9.25. The molecule has 150 valence electrons. The first-order valence-corrected chi connectivity index (χ1v) is 10.8. The van der Waals surface area contributed by atoms with Crippen molar-refractivity contribution in [1.29, 1.82) is 0 Å². The van der Waals surface area contributed by atoms with Crippen LogP contribution in [0.4, 0.5) is 0 Å². The van der Waals surface area contributed by atoms with Crippen LogP contribution in [-0.2, 0) is 24.2 Å². The van der Waals surface area contributed by atoms with Crippen molar-refractivity contribution in [2.75, 3.05) is 20.2 Å². The van der Waals surface area contributed by atoms with E-state index in [1.807, 2.05) is 24.3 Å². The molecule has 4 rings (SSSR count). The highest BCUT2D eigenvalue weighted by molar-refractivity contribution is 7.10. The molecule has 1 aromatic heterocycles. The second-order valence-corrected chi connectivity index (χ2v) is 8.33. The second-order valence-electron chi connectivity index (χ2n) is 7.35. The third-order valence-corrected chi connectivity index (χ3v) is 6.46. The Morgan fingerprint density at radius 2 is 1.90 bits per heavy atom. The van der Waals surface area contributed by atoms with E-state index in [1.165, 1.54) is 16.0 Å². The van der Waals surface area contributed by atoms with Gasteiger partial charge in [0.1, 0.15) is 5.75 Å². The molecule has 0 spiro atoms. The topological polar surface area (TPSA) is 41.6 Å². The highest BCUT2D eigenvalue weighted by atomic mass is 32.1. The number of nitrogens with one attached hydrogen (secondary N) is 1. The normalized spacial score (nSPS) is 14.8. The van der Waals surface area contributed by atoms with Crippen molar-refractivity contribution in [3.8, 4) is 5.75 Å². The van der Waals surface area contributed by atoms with E-state index in [4.69, 9.17) is 4.74 Å². The number of methoxy groups -OCH3 is 1. The number of thiophene rings is 1. The molecule has 5 heteroatoms. The lowest BCUT2D eigenvalue weighted by Gasteiger charge is -2.35. The van der Waals surface area contributed by atoms with Crippen molar-refractivity contribution < 1.29 is 9.53 Å². The van der Waals surface area contributed by atoms with Crippen LogP contribution < -0.4 is 10.1 Å². The molecule has 29 heavy (non-hydrogen) atoms. The smallest absolute Gasteiger partial charge is 0.224 e. The van der Waals surface area contributed by atoms with E-state index < -0.39 is 0 Å². The van der Waals surface area contributed by atoms with Crippen molar-refractivity contribution in [3.63, 3.8) is 0 Å². The number of hydrogen-bond donors (Lipinski definition) is 1. The molecule has 1 amide bonds. The summed E-state index contributed by atoms with van der Waals surface area (Å²) in [6.45, 7) is 2.55. The molecule has 0 aliphatic carbocycles. The van der Waals surface area contributed by atoms with Gasteiger partial charge in [-0.3, -0.25) is 9.69 Å². The Balaban J connectivity index is 1.41. The molecule has 1 N–H and O–H groups in total. The van der Waals surface area contributed by atoms with Gasteiger partial charge in [0, 0.05) is 24.5 Å². The van der Waals surface area contributed by atoms with Crippen molar-refractivity contribution in [2.45, 2.75) is 25.4 Å². The number of carbonyl (C=O) groups excluding carboxylic acids is 1. The number of ether oxygens (including phenoxy) is 1. The Hall–Kier alpha value is -2.63. The van der Waals surface area contributed by atoms with Crippen molar-refractivity contribution in [2.24, 2.45) is 0 Å². The number of nitrogens with zero attached hydrogens (tertiary/aromatic N) is 1. The van der Waals surface area contributed by atoms with E-state index in [0.717, 1.165) is 30.8 Å². The monoisotopic (exact) mass is 406 g/mol. The van der Waals surface area contributed by atoms with Crippen LogP contribution in [0.1, 0.15) is 27.6 Å². The maximum absolute atomic E-state index is 12.6. The Labute approximate surface area is 176 Å². The van der Waals surface area contributed by atoms with Crippen LogP contribution in [0.15, 0.2) is 66.0 Å². The average Bonchev–Trinajstić information content (AvgIpc) is 3.29. The molecule has 0 saturated carbocycles. The molecule has 4 nitrogen and oxygen atoms in total. The van der Waals surface area contributed by atoms with Gasteiger partial charge in [0.2, 0.25) is 5.91 Å². The van der Waals surface area contributed by atoms with E-state index >= 15 is 0 Å². The molecule has 1 atom stereocenters. The molecular formula is C24H26N2O2S. The minimum absolute atomic E-state index is 0.0501. The van der Waals surface area contributed by atoms with Crippen LogP contribution in [-0.4, -0.2) is 31.0 Å². The number of benzene rings is 2. The van der Waals surface area contributed by atoms with Crippen molar-refractivity contribution >= 4 is 17.2 Å². The number of carbonyl (C=O) groups is 1. The van der Waals surface area contributed by atoms with Gasteiger partial charge >= 0.3 is 0 Å². The fourth-order valence-corrected chi connectivity index (χ4v) is 4.74. The van der Waals surface area contributed by atoms with Crippen LogP contribution >= 0.6 is 11.3 Å².